The molecule has 2 aromatic rings. The average molecular weight is 418 g/mol. The van der Waals surface area contributed by atoms with E-state index in [4.69, 9.17) is 11.6 Å². The molecule has 4 nitrogen and oxygen atoms in total. The summed E-state index contributed by atoms with van der Waals surface area (Å²) in [5, 5.41) is 0.600. The van der Waals surface area contributed by atoms with Crippen molar-refractivity contribution in [3.05, 3.63) is 70.7 Å². The summed E-state index contributed by atoms with van der Waals surface area (Å²) in [5.41, 5.74) is 2.22. The largest absolute Gasteiger partial charge is 0.335 e. The van der Waals surface area contributed by atoms with E-state index in [0.29, 0.717) is 23.6 Å². The first-order valence-electron chi connectivity index (χ1n) is 9.43. The van der Waals surface area contributed by atoms with Crippen molar-refractivity contribution in [3.8, 4) is 0 Å². The van der Waals surface area contributed by atoms with Gasteiger partial charge in [-0.3, -0.25) is 4.79 Å². The average Bonchev–Trinajstić information content (AvgIpc) is 3.05. The first-order chi connectivity index (χ1) is 13.4. The van der Waals surface area contributed by atoms with Gasteiger partial charge in [0.1, 0.15) is 0 Å². The molecule has 1 unspecified atom stereocenters. The number of nitrogens with zero attached hydrogens (tertiary/aromatic N) is 1. The lowest BCUT2D eigenvalue weighted by molar-refractivity contribution is -0.126. The molecule has 2 aromatic carbocycles. The van der Waals surface area contributed by atoms with Crippen LogP contribution in [0.2, 0.25) is 5.02 Å². The molecule has 1 aliphatic rings. The summed E-state index contributed by atoms with van der Waals surface area (Å²) in [6.45, 7) is 2.52. The van der Waals surface area contributed by atoms with Crippen molar-refractivity contribution in [3.63, 3.8) is 0 Å². The Balaban J connectivity index is 2.01. The molecule has 1 fully saturated rings. The van der Waals surface area contributed by atoms with Gasteiger partial charge in [-0.2, -0.15) is 0 Å². The van der Waals surface area contributed by atoms with Crippen LogP contribution in [0.15, 0.2) is 54.6 Å². The van der Waals surface area contributed by atoms with Gasteiger partial charge in [-0.05, 0) is 42.2 Å². The van der Waals surface area contributed by atoms with Gasteiger partial charge in [-0.25, -0.2) is 8.42 Å². The molecule has 0 aliphatic carbocycles. The molecule has 1 aliphatic heterocycles. The number of carbonyl (C=O) groups excluding carboxylic acids is 1. The fourth-order valence-electron chi connectivity index (χ4n) is 3.48. The second kappa shape index (κ2) is 8.93. The maximum absolute atomic E-state index is 13.6. The predicted octanol–water partition coefficient (Wildman–Crippen LogP) is 4.31. The Kier molecular flexibility index (Phi) is 6.57. The lowest BCUT2D eigenvalue weighted by Gasteiger charge is -2.29. The SMILES string of the molecule is CCCN(C(=O)/C(=C/c1ccccc1)c1ccc(Cl)cc1)C1CCS(=O)(=O)C1. The molecular formula is C22H24ClNO3S. The van der Waals surface area contributed by atoms with Crippen LogP contribution < -0.4 is 0 Å². The number of hydrogen-bond acceptors (Lipinski definition) is 3. The zero-order chi connectivity index (χ0) is 20.1. The molecule has 0 N–H and O–H groups in total. The standard InChI is InChI=1S/C22H24ClNO3S/c1-2-13-24(20-12-14-28(26,27)16-20)22(25)21(15-17-6-4-3-5-7-17)18-8-10-19(23)11-9-18/h3-11,15,20H,2,12-14,16H2,1H3/b21-15+. The third-order valence-electron chi connectivity index (χ3n) is 4.87. The maximum atomic E-state index is 13.6. The van der Waals surface area contributed by atoms with Gasteiger partial charge < -0.3 is 4.90 Å². The van der Waals surface area contributed by atoms with Crippen LogP contribution in [0.3, 0.4) is 0 Å². The second-order valence-corrected chi connectivity index (χ2v) is 9.70. The van der Waals surface area contributed by atoms with Gasteiger partial charge in [0, 0.05) is 23.2 Å². The predicted molar refractivity (Wildman–Crippen MR) is 115 cm³/mol. The zero-order valence-corrected chi connectivity index (χ0v) is 17.4. The Morgan fingerprint density at radius 1 is 1.14 bits per heavy atom. The number of halogens is 1. The topological polar surface area (TPSA) is 54.5 Å². The van der Waals surface area contributed by atoms with E-state index in [2.05, 4.69) is 0 Å². The number of hydrogen-bond donors (Lipinski definition) is 0. The molecule has 0 bridgehead atoms. The van der Waals surface area contributed by atoms with Gasteiger partial charge in [-0.15, -0.1) is 0 Å². The highest BCUT2D eigenvalue weighted by Crippen LogP contribution is 2.26. The smallest absolute Gasteiger partial charge is 0.254 e. The zero-order valence-electron chi connectivity index (χ0n) is 15.8. The summed E-state index contributed by atoms with van der Waals surface area (Å²) in [6, 6.07) is 16.5. The molecule has 1 amide bonds. The van der Waals surface area contributed by atoms with Crippen molar-refractivity contribution in [2.24, 2.45) is 0 Å². The van der Waals surface area contributed by atoms with Crippen molar-refractivity contribution in [1.82, 2.24) is 4.90 Å². The van der Waals surface area contributed by atoms with Gasteiger partial charge >= 0.3 is 0 Å². The minimum absolute atomic E-state index is 0.0397. The number of carbonyl (C=O) groups is 1. The molecule has 0 radical (unpaired) electrons. The molecule has 0 saturated carbocycles. The van der Waals surface area contributed by atoms with E-state index < -0.39 is 9.84 Å². The fourth-order valence-corrected chi connectivity index (χ4v) is 5.34. The van der Waals surface area contributed by atoms with E-state index in [0.717, 1.165) is 17.5 Å². The molecule has 0 spiro atoms. The van der Waals surface area contributed by atoms with E-state index in [-0.39, 0.29) is 23.5 Å². The Hall–Kier alpha value is -2.11. The van der Waals surface area contributed by atoms with E-state index in [1.165, 1.54) is 0 Å². The first-order valence-corrected chi connectivity index (χ1v) is 11.6. The fraction of sp³-hybridized carbons (Fsp3) is 0.318. The number of amides is 1. The molecule has 3 rings (SSSR count). The lowest BCUT2D eigenvalue weighted by atomic mass is 10.00. The Labute approximate surface area is 171 Å². The Morgan fingerprint density at radius 3 is 2.39 bits per heavy atom. The van der Waals surface area contributed by atoms with Crippen LogP contribution in [0.1, 0.15) is 30.9 Å². The van der Waals surface area contributed by atoms with Gasteiger partial charge in [-0.1, -0.05) is 61.0 Å². The number of benzene rings is 2. The van der Waals surface area contributed by atoms with E-state index in [1.54, 1.807) is 17.0 Å². The third kappa shape index (κ3) is 5.03. The van der Waals surface area contributed by atoms with Crippen LogP contribution in [-0.2, 0) is 14.6 Å². The highest BCUT2D eigenvalue weighted by molar-refractivity contribution is 7.91. The minimum atomic E-state index is -3.08. The minimum Gasteiger partial charge on any atom is -0.335 e. The van der Waals surface area contributed by atoms with Crippen LogP contribution >= 0.6 is 11.6 Å². The molecule has 0 aromatic heterocycles. The normalized spacial score (nSPS) is 18.8. The quantitative estimate of drug-likeness (QED) is 0.520. The van der Waals surface area contributed by atoms with Crippen LogP contribution in [-0.4, -0.2) is 43.3 Å². The third-order valence-corrected chi connectivity index (χ3v) is 6.87. The van der Waals surface area contributed by atoms with E-state index >= 15 is 0 Å². The van der Waals surface area contributed by atoms with E-state index in [1.807, 2.05) is 55.5 Å². The maximum Gasteiger partial charge on any atom is 0.254 e. The van der Waals surface area contributed by atoms with Crippen LogP contribution in [0.4, 0.5) is 0 Å². The van der Waals surface area contributed by atoms with Crippen molar-refractivity contribution >= 4 is 39.0 Å². The summed E-state index contributed by atoms with van der Waals surface area (Å²) in [7, 11) is -3.08. The highest BCUT2D eigenvalue weighted by atomic mass is 35.5. The van der Waals surface area contributed by atoms with Crippen LogP contribution in [0, 0.1) is 0 Å². The number of rotatable bonds is 6. The van der Waals surface area contributed by atoms with Crippen LogP contribution in [0.5, 0.6) is 0 Å². The Bertz CT molecular complexity index is 953. The number of sulfone groups is 1. The summed E-state index contributed by atoms with van der Waals surface area (Å²) >= 11 is 6.02. The van der Waals surface area contributed by atoms with Crippen LogP contribution in [0.25, 0.3) is 11.6 Å². The van der Waals surface area contributed by atoms with Crippen molar-refractivity contribution in [2.75, 3.05) is 18.1 Å². The molecule has 1 heterocycles. The lowest BCUT2D eigenvalue weighted by Crippen LogP contribution is -2.42. The summed E-state index contributed by atoms with van der Waals surface area (Å²) in [5.74, 6) is 0.0390. The molecule has 28 heavy (non-hydrogen) atoms. The molecule has 1 atom stereocenters. The van der Waals surface area contributed by atoms with Crippen molar-refractivity contribution in [1.29, 1.82) is 0 Å². The Morgan fingerprint density at radius 2 is 1.82 bits per heavy atom. The molecule has 1 saturated heterocycles. The van der Waals surface area contributed by atoms with Crippen molar-refractivity contribution in [2.45, 2.75) is 25.8 Å². The van der Waals surface area contributed by atoms with Gasteiger partial charge in [0.15, 0.2) is 9.84 Å². The van der Waals surface area contributed by atoms with Crippen molar-refractivity contribution < 1.29 is 13.2 Å². The molecule has 148 valence electrons. The molecule has 6 heteroatoms. The van der Waals surface area contributed by atoms with Gasteiger partial charge in [0.2, 0.25) is 0 Å². The monoisotopic (exact) mass is 417 g/mol. The molecular weight excluding hydrogens is 394 g/mol. The van der Waals surface area contributed by atoms with Gasteiger partial charge in [0.05, 0.1) is 11.5 Å². The summed E-state index contributed by atoms with van der Waals surface area (Å²) < 4.78 is 23.9. The second-order valence-electron chi connectivity index (χ2n) is 7.03. The summed E-state index contributed by atoms with van der Waals surface area (Å²) in [4.78, 5) is 15.3. The van der Waals surface area contributed by atoms with E-state index in [9.17, 15) is 13.2 Å². The van der Waals surface area contributed by atoms with Gasteiger partial charge in [0.25, 0.3) is 5.91 Å². The highest BCUT2D eigenvalue weighted by Gasteiger charge is 2.35. The first kappa shape index (κ1) is 20.6. The summed E-state index contributed by atoms with van der Waals surface area (Å²) in [6.07, 6.45) is 3.12.